The van der Waals surface area contributed by atoms with Crippen molar-refractivity contribution >= 4 is 23.2 Å². The van der Waals surface area contributed by atoms with Gasteiger partial charge in [0.1, 0.15) is 5.75 Å². The quantitative estimate of drug-likeness (QED) is 0.459. The molecule has 3 N–H and O–H groups in total. The molecule has 0 radical (unpaired) electrons. The first-order valence-corrected chi connectivity index (χ1v) is 12.0. The van der Waals surface area contributed by atoms with Crippen LogP contribution in [-0.2, 0) is 4.79 Å². The number of aliphatic hydroxyl groups is 1. The van der Waals surface area contributed by atoms with Crippen LogP contribution in [0, 0.1) is 0 Å². The van der Waals surface area contributed by atoms with Gasteiger partial charge >= 0.3 is 0 Å². The Bertz CT molecular complexity index is 1190. The summed E-state index contributed by atoms with van der Waals surface area (Å²) in [6.07, 6.45) is 2.42. The molecule has 7 heteroatoms. The van der Waals surface area contributed by atoms with E-state index in [-0.39, 0.29) is 30.6 Å². The number of likely N-dealkylation sites (tertiary alicyclic amines) is 1. The molecule has 5 rings (SSSR count). The van der Waals surface area contributed by atoms with Crippen molar-refractivity contribution < 1.29 is 19.4 Å². The second-order valence-corrected chi connectivity index (χ2v) is 9.15. The lowest BCUT2D eigenvalue weighted by molar-refractivity contribution is -0.117. The van der Waals surface area contributed by atoms with Crippen molar-refractivity contribution in [2.45, 2.75) is 31.5 Å². The molecule has 1 aliphatic heterocycles. The van der Waals surface area contributed by atoms with Crippen LogP contribution in [0.15, 0.2) is 72.8 Å². The molecule has 3 aromatic carbocycles. The van der Waals surface area contributed by atoms with E-state index in [4.69, 9.17) is 4.74 Å². The third-order valence-corrected chi connectivity index (χ3v) is 6.20. The summed E-state index contributed by atoms with van der Waals surface area (Å²) in [5, 5.41) is 15.5. The van der Waals surface area contributed by atoms with Crippen molar-refractivity contribution in [3.63, 3.8) is 0 Å². The molecule has 1 saturated carbocycles. The number of benzene rings is 3. The number of carbonyl (C=O) groups is 2. The first-order valence-electron chi connectivity index (χ1n) is 12.0. The molecule has 1 saturated heterocycles. The summed E-state index contributed by atoms with van der Waals surface area (Å²) in [5.41, 5.74) is 3.77. The van der Waals surface area contributed by atoms with Gasteiger partial charge in [-0.05, 0) is 60.7 Å². The van der Waals surface area contributed by atoms with Gasteiger partial charge in [0, 0.05) is 24.3 Å². The number of amides is 2. The van der Waals surface area contributed by atoms with Gasteiger partial charge in [-0.1, -0.05) is 42.5 Å². The van der Waals surface area contributed by atoms with E-state index < -0.39 is 0 Å². The van der Waals surface area contributed by atoms with Crippen LogP contribution in [-0.4, -0.2) is 53.7 Å². The summed E-state index contributed by atoms with van der Waals surface area (Å²) < 4.78 is 5.95. The Labute approximate surface area is 204 Å². The fraction of sp³-hybridized carbons (Fsp3) is 0.286. The smallest absolute Gasteiger partial charge is 0.255 e. The van der Waals surface area contributed by atoms with Crippen molar-refractivity contribution in [2.24, 2.45) is 0 Å². The van der Waals surface area contributed by atoms with E-state index in [1.165, 1.54) is 0 Å². The number of rotatable bonds is 8. The Morgan fingerprint density at radius 3 is 2.34 bits per heavy atom. The summed E-state index contributed by atoms with van der Waals surface area (Å²) >= 11 is 0. The van der Waals surface area contributed by atoms with Gasteiger partial charge in [-0.15, -0.1) is 0 Å². The zero-order chi connectivity index (χ0) is 24.2. The molecule has 180 valence electrons. The Hall–Kier alpha value is -3.68. The molecule has 1 heterocycles. The Balaban J connectivity index is 1.27. The van der Waals surface area contributed by atoms with Gasteiger partial charge in [-0.2, -0.15) is 0 Å². The highest BCUT2D eigenvalue weighted by Gasteiger charge is 2.26. The van der Waals surface area contributed by atoms with Gasteiger partial charge in [-0.25, -0.2) is 0 Å². The third-order valence-electron chi connectivity index (χ3n) is 6.20. The summed E-state index contributed by atoms with van der Waals surface area (Å²) in [4.78, 5) is 27.5. The normalized spacial score (nSPS) is 17.7. The van der Waals surface area contributed by atoms with Gasteiger partial charge in [-0.3, -0.25) is 14.5 Å². The number of hydrogen-bond donors (Lipinski definition) is 3. The molecule has 3 aromatic rings. The molecule has 0 spiro atoms. The number of nitrogens with zero attached hydrogens (tertiary/aromatic N) is 1. The van der Waals surface area contributed by atoms with Gasteiger partial charge in [0.15, 0.2) is 0 Å². The van der Waals surface area contributed by atoms with Gasteiger partial charge in [0.25, 0.3) is 5.91 Å². The number of ether oxygens (including phenoxy) is 1. The largest absolute Gasteiger partial charge is 0.488 e. The van der Waals surface area contributed by atoms with Gasteiger partial charge < -0.3 is 20.5 Å². The molecule has 35 heavy (non-hydrogen) atoms. The van der Waals surface area contributed by atoms with E-state index in [1.54, 1.807) is 18.2 Å². The second kappa shape index (κ2) is 10.3. The number of nitrogens with one attached hydrogen (secondary N) is 2. The van der Waals surface area contributed by atoms with Crippen LogP contribution in [0.4, 0.5) is 11.4 Å². The monoisotopic (exact) mass is 471 g/mol. The standard InChI is InChI=1S/C28H29N3O4/c32-23-14-15-31(17-23)18-27(33)30-25-16-21(8-13-26(25)35-24-11-12-24)28(34)29-22-9-6-20(7-10-22)19-4-2-1-3-5-19/h1-10,13,16,23-24,32H,11-12,14-15,17-18H2,(H,29,34)(H,30,33). The predicted molar refractivity (Wildman–Crippen MR) is 136 cm³/mol. The highest BCUT2D eigenvalue weighted by Crippen LogP contribution is 2.33. The zero-order valence-electron chi connectivity index (χ0n) is 19.4. The minimum Gasteiger partial charge on any atom is -0.488 e. The minimum absolute atomic E-state index is 0.155. The lowest BCUT2D eigenvalue weighted by Gasteiger charge is -2.17. The van der Waals surface area contributed by atoms with E-state index in [1.807, 2.05) is 59.5 Å². The molecule has 2 amide bonds. The van der Waals surface area contributed by atoms with E-state index in [2.05, 4.69) is 10.6 Å². The summed E-state index contributed by atoms with van der Waals surface area (Å²) in [5.74, 6) is 0.0912. The molecule has 7 nitrogen and oxygen atoms in total. The van der Waals surface area contributed by atoms with Crippen molar-refractivity contribution in [2.75, 3.05) is 30.3 Å². The number of anilines is 2. The number of β-amino-alcohol motifs (C(OH)–C–C–N with tert-alkyl or cyclic N) is 1. The maximum Gasteiger partial charge on any atom is 0.255 e. The van der Waals surface area contributed by atoms with Crippen LogP contribution in [0.2, 0.25) is 0 Å². The van der Waals surface area contributed by atoms with E-state index in [0.717, 1.165) is 24.0 Å². The zero-order valence-corrected chi connectivity index (χ0v) is 19.4. The maximum atomic E-state index is 13.0. The maximum absolute atomic E-state index is 13.0. The SMILES string of the molecule is O=C(CN1CCC(O)C1)Nc1cc(C(=O)Nc2ccc(-c3ccccc3)cc2)ccc1OC1CC1. The van der Waals surface area contributed by atoms with Crippen molar-refractivity contribution in [1.82, 2.24) is 4.90 Å². The molecule has 1 aliphatic carbocycles. The molecule has 1 atom stereocenters. The van der Waals surface area contributed by atoms with Crippen molar-refractivity contribution in [3.05, 3.63) is 78.4 Å². The molecular formula is C28H29N3O4. The van der Waals surface area contributed by atoms with Crippen LogP contribution in [0.5, 0.6) is 5.75 Å². The lowest BCUT2D eigenvalue weighted by Crippen LogP contribution is -2.32. The fourth-order valence-corrected chi connectivity index (χ4v) is 4.17. The average molecular weight is 472 g/mol. The molecule has 0 bridgehead atoms. The lowest BCUT2D eigenvalue weighted by atomic mass is 10.1. The minimum atomic E-state index is -0.384. The van der Waals surface area contributed by atoms with Crippen LogP contribution in [0.25, 0.3) is 11.1 Å². The van der Waals surface area contributed by atoms with E-state index in [0.29, 0.717) is 42.2 Å². The van der Waals surface area contributed by atoms with Crippen molar-refractivity contribution in [1.29, 1.82) is 0 Å². The molecule has 0 aromatic heterocycles. The predicted octanol–water partition coefficient (Wildman–Crippen LogP) is 4.15. The average Bonchev–Trinajstić information content (AvgIpc) is 3.60. The van der Waals surface area contributed by atoms with E-state index in [9.17, 15) is 14.7 Å². The third kappa shape index (κ3) is 6.07. The van der Waals surface area contributed by atoms with Crippen LogP contribution >= 0.6 is 0 Å². The molecule has 2 fully saturated rings. The highest BCUT2D eigenvalue weighted by atomic mass is 16.5. The Kier molecular flexibility index (Phi) is 6.79. The first kappa shape index (κ1) is 23.1. The van der Waals surface area contributed by atoms with Gasteiger partial charge in [0.05, 0.1) is 24.4 Å². The van der Waals surface area contributed by atoms with Crippen LogP contribution < -0.4 is 15.4 Å². The van der Waals surface area contributed by atoms with Crippen LogP contribution in [0.1, 0.15) is 29.6 Å². The van der Waals surface area contributed by atoms with Gasteiger partial charge in [0.2, 0.25) is 5.91 Å². The Morgan fingerprint density at radius 1 is 0.914 bits per heavy atom. The van der Waals surface area contributed by atoms with E-state index >= 15 is 0 Å². The summed E-state index contributed by atoms with van der Waals surface area (Å²) in [6.45, 7) is 1.36. The highest BCUT2D eigenvalue weighted by molar-refractivity contribution is 6.06. The number of carbonyl (C=O) groups excluding carboxylic acids is 2. The number of hydrogen-bond acceptors (Lipinski definition) is 5. The number of aliphatic hydroxyl groups excluding tert-OH is 1. The summed E-state index contributed by atoms with van der Waals surface area (Å²) in [7, 11) is 0. The Morgan fingerprint density at radius 2 is 1.66 bits per heavy atom. The van der Waals surface area contributed by atoms with Crippen LogP contribution in [0.3, 0.4) is 0 Å². The molecule has 1 unspecified atom stereocenters. The first-order chi connectivity index (χ1) is 17.0. The summed E-state index contributed by atoms with van der Waals surface area (Å²) in [6, 6.07) is 22.8. The second-order valence-electron chi connectivity index (χ2n) is 9.15. The molecular weight excluding hydrogens is 442 g/mol. The topological polar surface area (TPSA) is 90.9 Å². The molecule has 2 aliphatic rings. The fourth-order valence-electron chi connectivity index (χ4n) is 4.17. The van der Waals surface area contributed by atoms with Crippen molar-refractivity contribution in [3.8, 4) is 16.9 Å².